The highest BCUT2D eigenvalue weighted by Gasteiger charge is 2.32. The minimum atomic E-state index is -0.814. The second-order valence-electron chi connectivity index (χ2n) is 12.1. The van der Waals surface area contributed by atoms with Gasteiger partial charge in [-0.15, -0.1) is 0 Å². The van der Waals surface area contributed by atoms with Crippen molar-refractivity contribution < 1.29 is 23.8 Å². The van der Waals surface area contributed by atoms with Crippen molar-refractivity contribution in [3.05, 3.63) is 64.2 Å². The van der Waals surface area contributed by atoms with E-state index in [1.807, 2.05) is 18.0 Å². The second-order valence-corrected chi connectivity index (χ2v) is 13.1. The van der Waals surface area contributed by atoms with Gasteiger partial charge in [0.05, 0.1) is 30.1 Å². The van der Waals surface area contributed by atoms with Gasteiger partial charge in [0, 0.05) is 68.5 Å². The van der Waals surface area contributed by atoms with Crippen LogP contribution < -0.4 is 9.80 Å². The van der Waals surface area contributed by atoms with Crippen LogP contribution in [0.15, 0.2) is 36.4 Å². The normalized spacial score (nSPS) is 19.9. The van der Waals surface area contributed by atoms with Crippen LogP contribution in [0.4, 0.5) is 25.3 Å². The van der Waals surface area contributed by atoms with E-state index in [-0.39, 0.29) is 17.2 Å². The van der Waals surface area contributed by atoms with Crippen molar-refractivity contribution in [2.24, 2.45) is 0 Å². The van der Waals surface area contributed by atoms with Gasteiger partial charge >= 0.3 is 0 Å². The molecular weight excluding hydrogens is 612 g/mol. The standard InChI is InChI=1S/C33H33F2N7O3S/c1-39(33-38-29(27(16-36)46-33)19-2-4-20(34)5-3-19)32-23-6-7-26(44)31(23)37-30-24(32)14-21(15-25(30)35)41-12-10-40(11-13-41)18-28(45)42-9-8-22(43)17-42/h2-5,14-15,22,26,43-44H,6-13,17-18H2,1H3/t22-,26?/m0/s1. The Bertz CT molecular complexity index is 1850. The van der Waals surface area contributed by atoms with Gasteiger partial charge in [-0.2, -0.15) is 5.26 Å². The summed E-state index contributed by atoms with van der Waals surface area (Å²) in [6, 6.07) is 11.4. The van der Waals surface area contributed by atoms with Gasteiger partial charge in [-0.05, 0) is 55.7 Å². The zero-order valence-electron chi connectivity index (χ0n) is 25.3. The van der Waals surface area contributed by atoms with Gasteiger partial charge in [-0.3, -0.25) is 9.69 Å². The third kappa shape index (κ3) is 5.55. The van der Waals surface area contributed by atoms with Crippen molar-refractivity contribution in [1.82, 2.24) is 19.8 Å². The zero-order valence-corrected chi connectivity index (χ0v) is 26.1. The topological polar surface area (TPSA) is 120 Å². The number of hydrogen-bond acceptors (Lipinski definition) is 10. The quantitative estimate of drug-likeness (QED) is 0.321. The molecule has 0 bridgehead atoms. The summed E-state index contributed by atoms with van der Waals surface area (Å²) in [6.07, 6.45) is 0.358. The highest BCUT2D eigenvalue weighted by molar-refractivity contribution is 7.16. The molecule has 238 valence electrons. The van der Waals surface area contributed by atoms with Crippen LogP contribution >= 0.6 is 11.3 Å². The first-order valence-electron chi connectivity index (χ1n) is 15.4. The summed E-state index contributed by atoms with van der Waals surface area (Å²) in [5.41, 5.74) is 3.83. The molecule has 1 amide bonds. The number of rotatable bonds is 6. The van der Waals surface area contributed by atoms with E-state index in [0.29, 0.717) is 109 Å². The maximum absolute atomic E-state index is 15.9. The Morgan fingerprint density at radius 3 is 2.54 bits per heavy atom. The van der Waals surface area contributed by atoms with Gasteiger partial charge in [0.25, 0.3) is 0 Å². The molecule has 2 aliphatic heterocycles. The lowest BCUT2D eigenvalue weighted by atomic mass is 10.0. The average Bonchev–Trinajstić information content (AvgIpc) is 3.79. The molecule has 1 aliphatic carbocycles. The summed E-state index contributed by atoms with van der Waals surface area (Å²) >= 11 is 1.19. The van der Waals surface area contributed by atoms with Crippen molar-refractivity contribution in [2.45, 2.75) is 31.5 Å². The van der Waals surface area contributed by atoms with Gasteiger partial charge in [0.1, 0.15) is 28.0 Å². The summed E-state index contributed by atoms with van der Waals surface area (Å²) in [7, 11) is 1.81. The smallest absolute Gasteiger partial charge is 0.236 e. The Labute approximate surface area is 268 Å². The number of carbonyl (C=O) groups is 1. The number of halogens is 2. The average molecular weight is 646 g/mol. The Morgan fingerprint density at radius 1 is 1.09 bits per heavy atom. The number of β-amino-alcohol motifs (C(OH)–C–C–N with tert-alkyl or cyclic N) is 1. The van der Waals surface area contributed by atoms with E-state index >= 15 is 4.39 Å². The molecule has 2 N–H and O–H groups in total. The van der Waals surface area contributed by atoms with Crippen LogP contribution in [0.1, 0.15) is 35.1 Å². The number of aliphatic hydroxyl groups is 2. The number of piperazine rings is 1. The predicted molar refractivity (Wildman–Crippen MR) is 171 cm³/mol. The molecule has 2 atom stereocenters. The van der Waals surface area contributed by atoms with Crippen LogP contribution in [-0.2, 0) is 11.2 Å². The summed E-state index contributed by atoms with van der Waals surface area (Å²) in [5.74, 6) is -0.873. The SMILES string of the molecule is CN(c1nc(-c2ccc(F)cc2)c(C#N)s1)c1c2c(nc3c(F)cc(N4CCN(CC(=O)N5CC[C@H](O)C5)CC4)cc13)C(O)CC2. The fourth-order valence-electron chi connectivity index (χ4n) is 6.71. The zero-order chi connectivity index (χ0) is 32.1. The molecule has 2 fully saturated rings. The van der Waals surface area contributed by atoms with E-state index in [4.69, 9.17) is 4.98 Å². The third-order valence-electron chi connectivity index (χ3n) is 9.18. The number of nitrogens with zero attached hydrogens (tertiary/aromatic N) is 7. The molecule has 4 aromatic rings. The second kappa shape index (κ2) is 12.2. The number of aromatic nitrogens is 2. The number of pyridine rings is 1. The first kappa shape index (κ1) is 30.4. The van der Waals surface area contributed by atoms with E-state index in [1.54, 1.807) is 17.0 Å². The lowest BCUT2D eigenvalue weighted by molar-refractivity contribution is -0.131. The summed E-state index contributed by atoms with van der Waals surface area (Å²) < 4.78 is 29.5. The van der Waals surface area contributed by atoms with Crippen LogP contribution in [0.3, 0.4) is 0 Å². The maximum Gasteiger partial charge on any atom is 0.236 e. The number of amides is 1. The number of aliphatic hydroxyl groups excluding tert-OH is 2. The first-order chi connectivity index (χ1) is 22.2. The monoisotopic (exact) mass is 645 g/mol. The molecule has 0 radical (unpaired) electrons. The van der Waals surface area contributed by atoms with Crippen LogP contribution in [0, 0.1) is 23.0 Å². The van der Waals surface area contributed by atoms with Crippen LogP contribution in [0.5, 0.6) is 0 Å². The number of anilines is 3. The van der Waals surface area contributed by atoms with Crippen molar-refractivity contribution in [3.8, 4) is 17.3 Å². The van der Waals surface area contributed by atoms with E-state index in [0.717, 1.165) is 5.56 Å². The summed E-state index contributed by atoms with van der Waals surface area (Å²) in [5, 5.41) is 31.5. The molecule has 2 aromatic carbocycles. The number of nitriles is 1. The predicted octanol–water partition coefficient (Wildman–Crippen LogP) is 3.97. The molecule has 10 nitrogen and oxygen atoms in total. The van der Waals surface area contributed by atoms with E-state index in [2.05, 4.69) is 20.9 Å². The number of fused-ring (bicyclic) bond motifs is 2. The summed E-state index contributed by atoms with van der Waals surface area (Å²) in [6.45, 7) is 3.71. The molecule has 4 heterocycles. The molecule has 7 rings (SSSR count). The Balaban J connectivity index is 1.21. The lowest BCUT2D eigenvalue weighted by Gasteiger charge is -2.36. The number of benzene rings is 2. The van der Waals surface area contributed by atoms with E-state index in [9.17, 15) is 24.7 Å². The molecule has 13 heteroatoms. The van der Waals surface area contributed by atoms with Crippen molar-refractivity contribution in [2.75, 3.05) is 62.7 Å². The number of likely N-dealkylation sites (tertiary alicyclic amines) is 1. The number of carbonyl (C=O) groups excluding carboxylic acids is 1. The fraction of sp³-hybridized carbons (Fsp3) is 0.394. The molecule has 46 heavy (non-hydrogen) atoms. The van der Waals surface area contributed by atoms with Crippen molar-refractivity contribution in [3.63, 3.8) is 0 Å². The van der Waals surface area contributed by atoms with Crippen molar-refractivity contribution in [1.29, 1.82) is 5.26 Å². The summed E-state index contributed by atoms with van der Waals surface area (Å²) in [4.78, 5) is 30.2. The molecule has 0 spiro atoms. The third-order valence-corrected chi connectivity index (χ3v) is 10.2. The molecule has 2 aromatic heterocycles. The van der Waals surface area contributed by atoms with Crippen LogP contribution in [-0.4, -0.2) is 94.9 Å². The van der Waals surface area contributed by atoms with Gasteiger partial charge < -0.3 is 24.9 Å². The van der Waals surface area contributed by atoms with E-state index in [1.165, 1.54) is 29.5 Å². The molecule has 3 aliphatic rings. The molecule has 1 unspecified atom stereocenters. The van der Waals surface area contributed by atoms with Gasteiger partial charge in [-0.25, -0.2) is 18.7 Å². The van der Waals surface area contributed by atoms with Crippen LogP contribution in [0.2, 0.25) is 0 Å². The fourth-order valence-corrected chi connectivity index (χ4v) is 7.56. The Kier molecular flexibility index (Phi) is 8.06. The van der Waals surface area contributed by atoms with Gasteiger partial charge in [0.2, 0.25) is 5.91 Å². The highest BCUT2D eigenvalue weighted by atomic mass is 32.1. The molecular formula is C33H33F2N7O3S. The lowest BCUT2D eigenvalue weighted by Crippen LogP contribution is -2.50. The number of thiazole rings is 1. The largest absolute Gasteiger partial charge is 0.391 e. The van der Waals surface area contributed by atoms with Crippen molar-refractivity contribution >= 4 is 44.7 Å². The van der Waals surface area contributed by atoms with Gasteiger partial charge in [0.15, 0.2) is 10.9 Å². The van der Waals surface area contributed by atoms with E-state index < -0.39 is 18.0 Å². The highest BCUT2D eigenvalue weighted by Crippen LogP contribution is 2.45. The van der Waals surface area contributed by atoms with Gasteiger partial charge in [-0.1, -0.05) is 11.3 Å². The molecule has 0 saturated carbocycles. The first-order valence-corrected chi connectivity index (χ1v) is 16.2. The Morgan fingerprint density at radius 2 is 1.85 bits per heavy atom. The minimum absolute atomic E-state index is 0.0147. The number of hydrogen-bond donors (Lipinski definition) is 2. The van der Waals surface area contributed by atoms with Crippen LogP contribution in [0.25, 0.3) is 22.2 Å². The maximum atomic E-state index is 15.9. The minimum Gasteiger partial charge on any atom is -0.391 e. The Hall–Kier alpha value is -4.22. The molecule has 2 saturated heterocycles.